The van der Waals surface area contributed by atoms with E-state index in [0.717, 1.165) is 19.3 Å². The minimum Gasteiger partial charge on any atom is -0.495 e. The van der Waals surface area contributed by atoms with Crippen molar-refractivity contribution in [2.75, 3.05) is 12.4 Å². The lowest BCUT2D eigenvalue weighted by Gasteiger charge is -2.12. The van der Waals surface area contributed by atoms with Gasteiger partial charge in [0.15, 0.2) is 5.82 Å². The third-order valence-corrected chi connectivity index (χ3v) is 5.43. The van der Waals surface area contributed by atoms with Crippen molar-refractivity contribution in [2.45, 2.75) is 50.6 Å². The predicted octanol–water partition coefficient (Wildman–Crippen LogP) is 2.33. The molecule has 1 aliphatic rings. The van der Waals surface area contributed by atoms with Crippen LogP contribution in [-0.2, 0) is 23.0 Å². The van der Waals surface area contributed by atoms with E-state index in [0.29, 0.717) is 29.1 Å². The van der Waals surface area contributed by atoms with Gasteiger partial charge in [-0.25, -0.2) is 13.1 Å². The fraction of sp³-hybridized carbons (Fsp3) is 0.529. The molecule has 0 unspecified atom stereocenters. The molecule has 0 radical (unpaired) electrons. The molecule has 0 saturated heterocycles. The molecule has 3 rings (SSSR count). The molecule has 1 aliphatic carbocycles. The van der Waals surface area contributed by atoms with Crippen molar-refractivity contribution in [3.05, 3.63) is 29.9 Å². The van der Waals surface area contributed by atoms with Crippen LogP contribution in [0.3, 0.4) is 0 Å². The van der Waals surface area contributed by atoms with Crippen LogP contribution < -0.4 is 14.8 Å². The highest BCUT2D eigenvalue weighted by Crippen LogP contribution is 2.29. The second-order valence-electron chi connectivity index (χ2n) is 6.81. The van der Waals surface area contributed by atoms with E-state index in [1.165, 1.54) is 13.2 Å². The van der Waals surface area contributed by atoms with Gasteiger partial charge in [-0.05, 0) is 37.0 Å². The molecule has 1 fully saturated rings. The first-order chi connectivity index (χ1) is 12.4. The normalized spacial score (nSPS) is 14.6. The van der Waals surface area contributed by atoms with Crippen LogP contribution in [0.1, 0.15) is 38.4 Å². The van der Waals surface area contributed by atoms with E-state index < -0.39 is 10.0 Å². The zero-order chi connectivity index (χ0) is 18.7. The Bertz CT molecular complexity index is 859. The zero-order valence-electron chi connectivity index (χ0n) is 15.2. The Hall–Kier alpha value is -2.13. The number of anilines is 1. The van der Waals surface area contributed by atoms with Crippen LogP contribution in [0, 0.1) is 5.92 Å². The van der Waals surface area contributed by atoms with Crippen LogP contribution >= 0.6 is 0 Å². The van der Waals surface area contributed by atoms with Crippen LogP contribution in [0.2, 0.25) is 0 Å². The molecule has 1 aromatic carbocycles. The monoisotopic (exact) mass is 380 g/mol. The van der Waals surface area contributed by atoms with Crippen molar-refractivity contribution in [2.24, 2.45) is 5.92 Å². The van der Waals surface area contributed by atoms with E-state index in [2.05, 4.69) is 34.0 Å². The fourth-order valence-electron chi connectivity index (χ4n) is 2.46. The maximum atomic E-state index is 12.4. The van der Waals surface area contributed by atoms with Crippen LogP contribution in [-0.4, -0.2) is 31.7 Å². The quantitative estimate of drug-likeness (QED) is 0.687. The highest BCUT2D eigenvalue weighted by molar-refractivity contribution is 7.89. The van der Waals surface area contributed by atoms with E-state index in [4.69, 9.17) is 9.26 Å². The molecule has 26 heavy (non-hydrogen) atoms. The fourth-order valence-corrected chi connectivity index (χ4v) is 3.79. The highest BCUT2D eigenvalue weighted by Gasteiger charge is 2.28. The summed E-state index contributed by atoms with van der Waals surface area (Å²) in [5.41, 5.74) is 0.551. The van der Waals surface area contributed by atoms with Gasteiger partial charge in [0.1, 0.15) is 5.75 Å². The molecule has 2 aromatic rings. The number of rotatable bonds is 9. The van der Waals surface area contributed by atoms with Crippen molar-refractivity contribution in [1.29, 1.82) is 0 Å². The molecule has 1 heterocycles. The third kappa shape index (κ3) is 4.73. The molecular formula is C17H24N4O4S. The van der Waals surface area contributed by atoms with Crippen molar-refractivity contribution in [3.63, 3.8) is 0 Å². The number of nitrogens with zero attached hydrogens (tertiary/aromatic N) is 2. The van der Waals surface area contributed by atoms with Gasteiger partial charge >= 0.3 is 0 Å². The second kappa shape index (κ2) is 7.63. The maximum absolute atomic E-state index is 12.4. The minimum atomic E-state index is -3.53. The molecule has 0 amide bonds. The minimum absolute atomic E-state index is 0.0521. The number of methoxy groups -OCH3 is 1. The van der Waals surface area contributed by atoms with Gasteiger partial charge in [0.2, 0.25) is 15.9 Å². The van der Waals surface area contributed by atoms with Gasteiger partial charge in [0.25, 0.3) is 0 Å². The largest absolute Gasteiger partial charge is 0.495 e. The van der Waals surface area contributed by atoms with Crippen LogP contribution in [0.5, 0.6) is 5.75 Å². The van der Waals surface area contributed by atoms with Crippen molar-refractivity contribution < 1.29 is 17.7 Å². The maximum Gasteiger partial charge on any atom is 0.245 e. The Morgan fingerprint density at radius 2 is 2.12 bits per heavy atom. The first-order valence-corrected chi connectivity index (χ1v) is 10.1. The molecule has 1 saturated carbocycles. The Balaban J connectivity index is 1.73. The summed E-state index contributed by atoms with van der Waals surface area (Å²) in [6, 6.07) is 4.76. The number of sulfonamides is 1. The SMILES string of the molecule is COc1ccc(S(=O)(=O)NC2CC2)cc1NCc1nc(CC(C)C)no1. The molecule has 2 N–H and O–H groups in total. The lowest BCUT2D eigenvalue weighted by atomic mass is 10.1. The zero-order valence-corrected chi connectivity index (χ0v) is 16.0. The third-order valence-electron chi connectivity index (χ3n) is 3.91. The lowest BCUT2D eigenvalue weighted by molar-refractivity contribution is 0.375. The summed E-state index contributed by atoms with van der Waals surface area (Å²) in [6.07, 6.45) is 2.51. The Labute approximate surface area is 153 Å². The number of hydrogen-bond donors (Lipinski definition) is 2. The lowest BCUT2D eigenvalue weighted by Crippen LogP contribution is -2.25. The molecule has 0 atom stereocenters. The molecule has 1 aromatic heterocycles. The number of nitrogens with one attached hydrogen (secondary N) is 2. The molecule has 0 bridgehead atoms. The van der Waals surface area contributed by atoms with E-state index >= 15 is 0 Å². The van der Waals surface area contributed by atoms with Gasteiger partial charge in [-0.3, -0.25) is 0 Å². The van der Waals surface area contributed by atoms with Crippen molar-refractivity contribution in [1.82, 2.24) is 14.9 Å². The van der Waals surface area contributed by atoms with Gasteiger partial charge in [0.05, 0.1) is 24.2 Å². The summed E-state index contributed by atoms with van der Waals surface area (Å²) < 4.78 is 38.0. The first-order valence-electron chi connectivity index (χ1n) is 8.63. The number of ether oxygens (including phenoxy) is 1. The molecule has 142 valence electrons. The molecule has 8 nitrogen and oxygen atoms in total. The van der Waals surface area contributed by atoms with Gasteiger partial charge in [-0.15, -0.1) is 0 Å². The second-order valence-corrected chi connectivity index (χ2v) is 8.53. The standard InChI is InChI=1S/C17H24N4O4S/c1-11(2)8-16-19-17(25-20-16)10-18-14-9-13(6-7-15(14)24-3)26(22,23)21-12-4-5-12/h6-7,9,11-12,18,21H,4-5,8,10H2,1-3H3. The summed E-state index contributed by atoms with van der Waals surface area (Å²) in [7, 11) is -2.00. The molecule has 9 heteroatoms. The predicted molar refractivity (Wildman–Crippen MR) is 96.5 cm³/mol. The number of benzene rings is 1. The topological polar surface area (TPSA) is 106 Å². The smallest absolute Gasteiger partial charge is 0.245 e. The summed E-state index contributed by atoms with van der Waals surface area (Å²) in [6.45, 7) is 4.45. The molecular weight excluding hydrogens is 356 g/mol. The van der Waals surface area contributed by atoms with Crippen molar-refractivity contribution in [3.8, 4) is 5.75 Å². The van der Waals surface area contributed by atoms with Gasteiger partial charge in [-0.2, -0.15) is 4.98 Å². The summed E-state index contributed by atoms with van der Waals surface area (Å²) >= 11 is 0. The Morgan fingerprint density at radius 3 is 2.77 bits per heavy atom. The Morgan fingerprint density at radius 1 is 1.35 bits per heavy atom. The van der Waals surface area contributed by atoms with Gasteiger partial charge in [-0.1, -0.05) is 19.0 Å². The van der Waals surface area contributed by atoms with E-state index in [-0.39, 0.29) is 17.5 Å². The average molecular weight is 380 g/mol. The van der Waals surface area contributed by atoms with Crippen LogP contribution in [0.15, 0.2) is 27.6 Å². The van der Waals surface area contributed by atoms with Crippen LogP contribution in [0.25, 0.3) is 0 Å². The highest BCUT2D eigenvalue weighted by atomic mass is 32.2. The summed E-state index contributed by atoms with van der Waals surface area (Å²) in [4.78, 5) is 4.52. The van der Waals surface area contributed by atoms with E-state index in [1.807, 2.05) is 0 Å². The Kier molecular flexibility index (Phi) is 5.47. The first kappa shape index (κ1) is 18.7. The number of hydrogen-bond acceptors (Lipinski definition) is 7. The average Bonchev–Trinajstić information content (AvgIpc) is 3.28. The number of aromatic nitrogens is 2. The molecule has 0 aliphatic heterocycles. The van der Waals surface area contributed by atoms with E-state index in [9.17, 15) is 8.42 Å². The van der Waals surface area contributed by atoms with Crippen molar-refractivity contribution >= 4 is 15.7 Å². The van der Waals surface area contributed by atoms with Gasteiger partial charge in [0, 0.05) is 12.5 Å². The summed E-state index contributed by atoms with van der Waals surface area (Å²) in [5.74, 6) is 2.08. The van der Waals surface area contributed by atoms with Gasteiger partial charge < -0.3 is 14.6 Å². The summed E-state index contributed by atoms with van der Waals surface area (Å²) in [5, 5.41) is 7.06. The van der Waals surface area contributed by atoms with E-state index in [1.54, 1.807) is 12.1 Å². The molecule has 0 spiro atoms. The van der Waals surface area contributed by atoms with Crippen LogP contribution in [0.4, 0.5) is 5.69 Å².